The number of nitrogens with one attached hydrogen (secondary N) is 1. The number of nitrogens with zero attached hydrogens (tertiary/aromatic N) is 1. The third-order valence-electron chi connectivity index (χ3n) is 3.67. The Balaban J connectivity index is 1.79. The summed E-state index contributed by atoms with van der Waals surface area (Å²) < 4.78 is 10.3. The molecule has 1 heterocycles. The number of ether oxygens (including phenoxy) is 2. The standard InChI is InChI=1S/C18H14N2O6/c1-11(21)12-3-2-4-14(7-12)19-18(22)6-5-13-8-16-17(26-10-25-16)9-15(13)20(23)24/h2-9H,10H2,1H3,(H,19,22). The maximum absolute atomic E-state index is 12.1. The van der Waals surface area contributed by atoms with Crippen molar-refractivity contribution in [3.05, 3.63) is 63.7 Å². The van der Waals surface area contributed by atoms with Gasteiger partial charge in [0.2, 0.25) is 12.7 Å². The molecule has 0 radical (unpaired) electrons. The number of benzene rings is 2. The van der Waals surface area contributed by atoms with Crippen molar-refractivity contribution in [2.45, 2.75) is 6.92 Å². The highest BCUT2D eigenvalue weighted by atomic mass is 16.7. The number of hydrogen-bond donors (Lipinski definition) is 1. The van der Waals surface area contributed by atoms with E-state index in [0.29, 0.717) is 22.7 Å². The number of anilines is 1. The largest absolute Gasteiger partial charge is 0.454 e. The Bertz CT molecular complexity index is 935. The summed E-state index contributed by atoms with van der Waals surface area (Å²) in [5, 5.41) is 13.8. The van der Waals surface area contributed by atoms with Gasteiger partial charge in [0.25, 0.3) is 5.69 Å². The third-order valence-corrected chi connectivity index (χ3v) is 3.67. The Labute approximate surface area is 148 Å². The third kappa shape index (κ3) is 3.69. The van der Waals surface area contributed by atoms with Crippen molar-refractivity contribution in [2.24, 2.45) is 0 Å². The summed E-state index contributed by atoms with van der Waals surface area (Å²) in [5.74, 6) is 0.0643. The Kier molecular flexibility index (Phi) is 4.66. The average molecular weight is 354 g/mol. The van der Waals surface area contributed by atoms with Crippen molar-refractivity contribution < 1.29 is 24.0 Å². The minimum atomic E-state index is -0.560. The summed E-state index contributed by atoms with van der Waals surface area (Å²) in [6.45, 7) is 1.42. The number of ketones is 1. The fraction of sp³-hybridized carbons (Fsp3) is 0.111. The van der Waals surface area contributed by atoms with Crippen molar-refractivity contribution >= 4 is 29.1 Å². The number of fused-ring (bicyclic) bond motifs is 1. The second kappa shape index (κ2) is 7.06. The quantitative estimate of drug-likeness (QED) is 0.382. The maximum Gasteiger partial charge on any atom is 0.280 e. The van der Waals surface area contributed by atoms with Gasteiger partial charge in [-0.25, -0.2) is 0 Å². The number of hydrogen-bond acceptors (Lipinski definition) is 6. The highest BCUT2D eigenvalue weighted by Crippen LogP contribution is 2.38. The molecule has 3 rings (SSSR count). The van der Waals surface area contributed by atoms with E-state index in [2.05, 4.69) is 5.32 Å². The van der Waals surface area contributed by atoms with E-state index >= 15 is 0 Å². The van der Waals surface area contributed by atoms with Gasteiger partial charge in [0, 0.05) is 17.3 Å². The van der Waals surface area contributed by atoms with E-state index in [9.17, 15) is 19.7 Å². The number of amides is 1. The van der Waals surface area contributed by atoms with Crippen molar-refractivity contribution in [1.29, 1.82) is 0 Å². The molecule has 2 aromatic carbocycles. The normalized spacial score (nSPS) is 12.2. The van der Waals surface area contributed by atoms with Crippen molar-refractivity contribution in [2.75, 3.05) is 12.1 Å². The van der Waals surface area contributed by atoms with Crippen LogP contribution < -0.4 is 14.8 Å². The van der Waals surface area contributed by atoms with Crippen LogP contribution in [0.4, 0.5) is 11.4 Å². The summed E-state index contributed by atoms with van der Waals surface area (Å²) in [7, 11) is 0. The molecular weight excluding hydrogens is 340 g/mol. The first-order chi connectivity index (χ1) is 12.4. The van der Waals surface area contributed by atoms with Gasteiger partial charge in [-0.15, -0.1) is 0 Å². The van der Waals surface area contributed by atoms with Crippen LogP contribution in [0.2, 0.25) is 0 Å². The molecule has 0 fully saturated rings. The fourth-order valence-electron chi connectivity index (χ4n) is 2.40. The van der Waals surface area contributed by atoms with Crippen LogP contribution >= 0.6 is 0 Å². The molecule has 132 valence electrons. The molecule has 0 atom stereocenters. The van der Waals surface area contributed by atoms with Gasteiger partial charge in [-0.3, -0.25) is 19.7 Å². The predicted octanol–water partition coefficient (Wildman–Crippen LogP) is 3.18. The van der Waals surface area contributed by atoms with E-state index in [-0.39, 0.29) is 23.8 Å². The van der Waals surface area contributed by atoms with Gasteiger partial charge >= 0.3 is 0 Å². The smallest absolute Gasteiger partial charge is 0.280 e. The second-order valence-electron chi connectivity index (χ2n) is 5.48. The van der Waals surface area contributed by atoms with E-state index < -0.39 is 10.8 Å². The summed E-state index contributed by atoms with van der Waals surface area (Å²) in [5.41, 5.74) is 0.939. The Morgan fingerprint density at radius 3 is 2.62 bits per heavy atom. The first kappa shape index (κ1) is 17.2. The minimum absolute atomic E-state index is 0.00731. The maximum atomic E-state index is 12.1. The molecule has 0 aromatic heterocycles. The Morgan fingerprint density at radius 1 is 1.19 bits per heavy atom. The fourth-order valence-corrected chi connectivity index (χ4v) is 2.40. The summed E-state index contributed by atoms with van der Waals surface area (Å²) in [4.78, 5) is 34.1. The second-order valence-corrected chi connectivity index (χ2v) is 5.48. The number of carbonyl (C=O) groups excluding carboxylic acids is 2. The topological polar surface area (TPSA) is 108 Å². The number of Topliss-reactive ketones (excluding diaryl/α,β-unsaturated/α-hetero) is 1. The van der Waals surface area contributed by atoms with Gasteiger partial charge in [-0.1, -0.05) is 12.1 Å². The van der Waals surface area contributed by atoms with Crippen LogP contribution in [0.1, 0.15) is 22.8 Å². The monoisotopic (exact) mass is 354 g/mol. The number of rotatable bonds is 5. The van der Waals surface area contributed by atoms with Gasteiger partial charge in [-0.05, 0) is 31.2 Å². The molecule has 1 aliphatic heterocycles. The van der Waals surface area contributed by atoms with Crippen LogP contribution in [0.15, 0.2) is 42.5 Å². The van der Waals surface area contributed by atoms with E-state index in [4.69, 9.17) is 9.47 Å². The lowest BCUT2D eigenvalue weighted by atomic mass is 10.1. The molecular formula is C18H14N2O6. The lowest BCUT2D eigenvalue weighted by molar-refractivity contribution is -0.385. The highest BCUT2D eigenvalue weighted by Gasteiger charge is 2.22. The zero-order chi connectivity index (χ0) is 18.7. The SMILES string of the molecule is CC(=O)c1cccc(NC(=O)C=Cc2cc3c(cc2[N+](=O)[O-])OCO3)c1. The van der Waals surface area contributed by atoms with Crippen molar-refractivity contribution in [3.63, 3.8) is 0 Å². The molecule has 0 saturated carbocycles. The molecule has 1 aliphatic rings. The highest BCUT2D eigenvalue weighted by molar-refractivity contribution is 6.03. The molecule has 0 spiro atoms. The first-order valence-electron chi connectivity index (χ1n) is 7.62. The molecule has 0 saturated heterocycles. The van der Waals surface area contributed by atoms with Crippen LogP contribution in [-0.2, 0) is 4.79 Å². The summed E-state index contributed by atoms with van der Waals surface area (Å²) in [6, 6.07) is 9.19. The lowest BCUT2D eigenvalue weighted by Gasteiger charge is -2.04. The number of nitro groups is 1. The van der Waals surface area contributed by atoms with Crippen molar-refractivity contribution in [1.82, 2.24) is 0 Å². The average Bonchev–Trinajstić information content (AvgIpc) is 3.06. The lowest BCUT2D eigenvalue weighted by Crippen LogP contribution is -2.08. The van der Waals surface area contributed by atoms with Crippen LogP contribution in [0.5, 0.6) is 11.5 Å². The van der Waals surface area contributed by atoms with Crippen LogP contribution in [0, 0.1) is 10.1 Å². The molecule has 0 unspecified atom stereocenters. The number of nitro benzene ring substituents is 1. The zero-order valence-electron chi connectivity index (χ0n) is 13.7. The Morgan fingerprint density at radius 2 is 1.92 bits per heavy atom. The molecule has 8 nitrogen and oxygen atoms in total. The molecule has 1 amide bonds. The summed E-state index contributed by atoms with van der Waals surface area (Å²) >= 11 is 0. The van der Waals surface area contributed by atoms with E-state index in [1.165, 1.54) is 31.2 Å². The van der Waals surface area contributed by atoms with Gasteiger partial charge in [0.1, 0.15) is 0 Å². The zero-order valence-corrected chi connectivity index (χ0v) is 13.7. The van der Waals surface area contributed by atoms with Crippen LogP contribution in [0.25, 0.3) is 6.08 Å². The number of carbonyl (C=O) groups is 2. The molecule has 8 heteroatoms. The molecule has 0 bridgehead atoms. The van der Waals surface area contributed by atoms with Crippen molar-refractivity contribution in [3.8, 4) is 11.5 Å². The van der Waals surface area contributed by atoms with Crippen LogP contribution in [-0.4, -0.2) is 23.4 Å². The van der Waals surface area contributed by atoms with Gasteiger partial charge in [0.05, 0.1) is 16.6 Å². The van der Waals surface area contributed by atoms with Gasteiger partial charge in [-0.2, -0.15) is 0 Å². The van der Waals surface area contributed by atoms with E-state index in [1.807, 2.05) is 0 Å². The van der Waals surface area contributed by atoms with Crippen LogP contribution in [0.3, 0.4) is 0 Å². The molecule has 1 N–H and O–H groups in total. The van der Waals surface area contributed by atoms with Gasteiger partial charge < -0.3 is 14.8 Å². The van der Waals surface area contributed by atoms with Gasteiger partial charge in [0.15, 0.2) is 17.3 Å². The first-order valence-corrected chi connectivity index (χ1v) is 7.62. The van der Waals surface area contributed by atoms with E-state index in [0.717, 1.165) is 0 Å². The van der Waals surface area contributed by atoms with E-state index in [1.54, 1.807) is 24.3 Å². The molecule has 0 aliphatic carbocycles. The predicted molar refractivity (Wildman–Crippen MR) is 93.3 cm³/mol. The Hall–Kier alpha value is -3.68. The molecule has 26 heavy (non-hydrogen) atoms. The summed E-state index contributed by atoms with van der Waals surface area (Å²) in [6.07, 6.45) is 2.50. The molecule has 2 aromatic rings. The minimum Gasteiger partial charge on any atom is -0.454 e.